The van der Waals surface area contributed by atoms with E-state index < -0.39 is 10.0 Å². The lowest BCUT2D eigenvalue weighted by atomic mass is 10.1. The lowest BCUT2D eigenvalue weighted by Gasteiger charge is -2.09. The van der Waals surface area contributed by atoms with E-state index in [0.29, 0.717) is 24.0 Å². The fraction of sp³-hybridized carbons (Fsp3) is 0.438. The van der Waals surface area contributed by atoms with E-state index in [2.05, 4.69) is 23.6 Å². The maximum absolute atomic E-state index is 12.1. The van der Waals surface area contributed by atoms with Gasteiger partial charge in [-0.2, -0.15) is 0 Å². The molecule has 1 aromatic heterocycles. The maximum Gasteiger partial charge on any atom is 0.240 e. The van der Waals surface area contributed by atoms with Crippen LogP contribution in [0.15, 0.2) is 40.0 Å². The van der Waals surface area contributed by atoms with Gasteiger partial charge in [0.15, 0.2) is 12.2 Å². The maximum atomic E-state index is 12.1. The third-order valence-electron chi connectivity index (χ3n) is 3.36. The molecule has 0 fully saturated rings. The van der Waals surface area contributed by atoms with Crippen LogP contribution in [0.1, 0.15) is 31.7 Å². The molecule has 7 heteroatoms. The molecule has 2 aromatic rings. The van der Waals surface area contributed by atoms with Crippen LogP contribution >= 0.6 is 0 Å². The van der Waals surface area contributed by atoms with E-state index in [0.717, 1.165) is 12.1 Å². The summed E-state index contributed by atoms with van der Waals surface area (Å²) in [7, 11) is -3.47. The average molecular weight is 338 g/mol. The number of rotatable bonds is 8. The Bertz CT molecular complexity index is 721. The van der Waals surface area contributed by atoms with E-state index in [4.69, 9.17) is 9.15 Å². The molecule has 0 saturated carbocycles. The topological polar surface area (TPSA) is 81.4 Å². The van der Waals surface area contributed by atoms with Gasteiger partial charge in [0.25, 0.3) is 0 Å². The molecule has 0 radical (unpaired) electrons. The second-order valence-electron chi connectivity index (χ2n) is 5.70. The number of nitrogens with one attached hydrogen (secondary N) is 1. The molecular weight excluding hydrogens is 316 g/mol. The van der Waals surface area contributed by atoms with Crippen LogP contribution in [0.5, 0.6) is 5.75 Å². The molecule has 1 aromatic carbocycles. The van der Waals surface area contributed by atoms with Gasteiger partial charge in [0.2, 0.25) is 10.0 Å². The quantitative estimate of drug-likeness (QED) is 0.800. The van der Waals surface area contributed by atoms with Crippen molar-refractivity contribution in [3.63, 3.8) is 0 Å². The molecule has 0 aliphatic carbocycles. The molecule has 0 atom stereocenters. The first kappa shape index (κ1) is 17.5. The fourth-order valence-electron chi connectivity index (χ4n) is 1.89. The van der Waals surface area contributed by atoms with Gasteiger partial charge in [0, 0.05) is 6.54 Å². The summed E-state index contributed by atoms with van der Waals surface area (Å²) < 4.78 is 37.6. The van der Waals surface area contributed by atoms with Crippen molar-refractivity contribution in [1.29, 1.82) is 0 Å². The van der Waals surface area contributed by atoms with Crippen molar-refractivity contribution in [3.05, 3.63) is 42.1 Å². The summed E-state index contributed by atoms with van der Waals surface area (Å²) in [6.07, 6.45) is 2.17. The summed E-state index contributed by atoms with van der Waals surface area (Å²) in [6.45, 7) is 6.63. The molecule has 0 aliphatic heterocycles. The number of aromatic nitrogens is 1. The van der Waals surface area contributed by atoms with E-state index >= 15 is 0 Å². The molecule has 0 unspecified atom stereocenters. The molecule has 0 spiro atoms. The number of oxazole rings is 1. The molecule has 6 nitrogen and oxygen atoms in total. The normalized spacial score (nSPS) is 11.8. The summed E-state index contributed by atoms with van der Waals surface area (Å²) >= 11 is 0. The summed E-state index contributed by atoms with van der Waals surface area (Å²) in [4.78, 5) is 4.21. The minimum Gasteiger partial charge on any atom is -0.486 e. The van der Waals surface area contributed by atoms with Crippen LogP contribution in [-0.2, 0) is 16.6 Å². The molecule has 23 heavy (non-hydrogen) atoms. The van der Waals surface area contributed by atoms with E-state index in [1.807, 2.05) is 6.92 Å². The van der Waals surface area contributed by atoms with Crippen molar-refractivity contribution in [2.75, 3.05) is 6.54 Å². The molecule has 1 N–H and O–H groups in total. The van der Waals surface area contributed by atoms with Crippen molar-refractivity contribution in [3.8, 4) is 5.75 Å². The monoisotopic (exact) mass is 338 g/mol. The standard InChI is InChI=1S/C16H22N2O4S/c1-12(2)8-9-18-23(19,20)15-6-4-14(5-7-15)21-10-16-13(3)17-11-22-16/h4-7,11-12,18H,8-10H2,1-3H3. The van der Waals surface area contributed by atoms with Gasteiger partial charge in [-0.25, -0.2) is 18.1 Å². The van der Waals surface area contributed by atoms with E-state index in [1.165, 1.54) is 18.5 Å². The van der Waals surface area contributed by atoms with Gasteiger partial charge in [0.05, 0.1) is 10.6 Å². The van der Waals surface area contributed by atoms with Crippen LogP contribution in [0.25, 0.3) is 0 Å². The predicted molar refractivity (Wildman–Crippen MR) is 86.7 cm³/mol. The Hall–Kier alpha value is -1.86. The van der Waals surface area contributed by atoms with E-state index in [9.17, 15) is 8.42 Å². The van der Waals surface area contributed by atoms with Crippen molar-refractivity contribution in [2.24, 2.45) is 5.92 Å². The zero-order valence-corrected chi connectivity index (χ0v) is 14.4. The van der Waals surface area contributed by atoms with Gasteiger partial charge in [-0.1, -0.05) is 13.8 Å². The molecule has 0 amide bonds. The minimum absolute atomic E-state index is 0.226. The molecule has 0 aliphatic rings. The number of nitrogens with zero attached hydrogens (tertiary/aromatic N) is 1. The first-order chi connectivity index (χ1) is 10.9. The summed E-state index contributed by atoms with van der Waals surface area (Å²) in [6, 6.07) is 6.31. The number of hydrogen-bond donors (Lipinski definition) is 1. The highest BCUT2D eigenvalue weighted by Crippen LogP contribution is 2.18. The largest absolute Gasteiger partial charge is 0.486 e. The minimum atomic E-state index is -3.47. The average Bonchev–Trinajstić information content (AvgIpc) is 2.90. The highest BCUT2D eigenvalue weighted by Gasteiger charge is 2.13. The van der Waals surface area contributed by atoms with Crippen LogP contribution < -0.4 is 9.46 Å². The van der Waals surface area contributed by atoms with Crippen molar-refractivity contribution >= 4 is 10.0 Å². The van der Waals surface area contributed by atoms with Crippen LogP contribution in [-0.4, -0.2) is 19.9 Å². The van der Waals surface area contributed by atoms with Gasteiger partial charge in [0.1, 0.15) is 12.4 Å². The van der Waals surface area contributed by atoms with Crippen LogP contribution in [0.2, 0.25) is 0 Å². The molecular formula is C16H22N2O4S. The first-order valence-electron chi connectivity index (χ1n) is 7.50. The van der Waals surface area contributed by atoms with Crippen molar-refractivity contribution < 1.29 is 17.6 Å². The first-order valence-corrected chi connectivity index (χ1v) is 8.98. The molecule has 0 saturated heterocycles. The Morgan fingerprint density at radius 1 is 1.26 bits per heavy atom. The van der Waals surface area contributed by atoms with Crippen LogP contribution in [0, 0.1) is 12.8 Å². The zero-order chi connectivity index (χ0) is 16.9. The van der Waals surface area contributed by atoms with Crippen molar-refractivity contribution in [2.45, 2.75) is 38.7 Å². The van der Waals surface area contributed by atoms with E-state index in [1.54, 1.807) is 12.1 Å². The fourth-order valence-corrected chi connectivity index (χ4v) is 2.94. The number of aryl methyl sites for hydroxylation is 1. The zero-order valence-electron chi connectivity index (χ0n) is 13.6. The Labute approximate surface area is 136 Å². The number of ether oxygens (including phenoxy) is 1. The highest BCUT2D eigenvalue weighted by atomic mass is 32.2. The van der Waals surface area contributed by atoms with Crippen LogP contribution in [0.4, 0.5) is 0 Å². The third-order valence-corrected chi connectivity index (χ3v) is 4.84. The van der Waals surface area contributed by atoms with Gasteiger partial charge < -0.3 is 9.15 Å². The number of hydrogen-bond acceptors (Lipinski definition) is 5. The molecule has 1 heterocycles. The predicted octanol–water partition coefficient (Wildman–Crippen LogP) is 2.89. The SMILES string of the molecule is Cc1ncoc1COc1ccc(S(=O)(=O)NCCC(C)C)cc1. The van der Waals surface area contributed by atoms with Gasteiger partial charge in [-0.3, -0.25) is 0 Å². The lowest BCUT2D eigenvalue weighted by Crippen LogP contribution is -2.25. The molecule has 0 bridgehead atoms. The van der Waals surface area contributed by atoms with Crippen LogP contribution in [0.3, 0.4) is 0 Å². The third kappa shape index (κ3) is 5.07. The summed E-state index contributed by atoms with van der Waals surface area (Å²) in [5.41, 5.74) is 0.776. The summed E-state index contributed by atoms with van der Waals surface area (Å²) in [5, 5.41) is 0. The lowest BCUT2D eigenvalue weighted by molar-refractivity contribution is 0.269. The van der Waals surface area contributed by atoms with Gasteiger partial charge >= 0.3 is 0 Å². The Morgan fingerprint density at radius 2 is 1.96 bits per heavy atom. The Morgan fingerprint density at radius 3 is 2.52 bits per heavy atom. The Kier molecular flexibility index (Phi) is 5.79. The second-order valence-corrected chi connectivity index (χ2v) is 7.47. The molecule has 2 rings (SSSR count). The van der Waals surface area contributed by atoms with Crippen molar-refractivity contribution in [1.82, 2.24) is 9.71 Å². The summed E-state index contributed by atoms with van der Waals surface area (Å²) in [5.74, 6) is 1.67. The number of sulfonamides is 1. The highest BCUT2D eigenvalue weighted by molar-refractivity contribution is 7.89. The van der Waals surface area contributed by atoms with Gasteiger partial charge in [-0.15, -0.1) is 0 Å². The van der Waals surface area contributed by atoms with Gasteiger partial charge in [-0.05, 0) is 43.5 Å². The van der Waals surface area contributed by atoms with E-state index in [-0.39, 0.29) is 11.5 Å². The molecule has 126 valence electrons. The Balaban J connectivity index is 1.94. The number of benzene rings is 1. The smallest absolute Gasteiger partial charge is 0.240 e. The second kappa shape index (κ2) is 7.61.